The van der Waals surface area contributed by atoms with Crippen LogP contribution in [0.2, 0.25) is 25.7 Å². The molecule has 0 spiro atoms. The molecule has 1 heterocycles. The van der Waals surface area contributed by atoms with Crippen LogP contribution < -0.4 is 4.84 Å². The Hall–Kier alpha value is -2.03. The zero-order valence-electron chi connectivity index (χ0n) is 29.7. The Labute approximate surface area is 292 Å². The number of rotatable bonds is 19. The van der Waals surface area contributed by atoms with Crippen LogP contribution in [0.1, 0.15) is 40.5 Å². The molecule has 0 radical (unpaired) electrons. The average molecular weight is 762 g/mol. The van der Waals surface area contributed by atoms with Gasteiger partial charge >= 0.3 is 21.7 Å². The first-order chi connectivity index (χ1) is 22.7. The van der Waals surface area contributed by atoms with Crippen LogP contribution >= 0.6 is 15.7 Å². The molecule has 1 aliphatic carbocycles. The molecule has 2 N–H and O–H groups in total. The van der Waals surface area contributed by atoms with Gasteiger partial charge in [0.05, 0.1) is 19.4 Å². The fraction of sp³-hybridized carbons (Fsp3) is 0.594. The van der Waals surface area contributed by atoms with Crippen molar-refractivity contribution in [3.63, 3.8) is 0 Å². The summed E-state index contributed by atoms with van der Waals surface area (Å²) in [6, 6.07) is 8.77. The molecule has 1 fully saturated rings. The van der Waals surface area contributed by atoms with Crippen molar-refractivity contribution in [2.24, 2.45) is 5.92 Å². The SMILES string of the molecule is CCOP(=O)(O)N(Oc1ccccc1)[P+](=O)CCN(CC(C)=CCC1=C(CC)C(C)=C2COC(=O)C2C1(O)OCC[Si](C)(C)C)S(C)(=O)=O. The van der Waals surface area contributed by atoms with Crippen LogP contribution in [0.5, 0.6) is 5.75 Å². The number of ether oxygens (including phenoxy) is 2. The third-order valence-corrected chi connectivity index (χ3v) is 14.7. The quantitative estimate of drug-likeness (QED) is 0.0421. The lowest BCUT2D eigenvalue weighted by atomic mass is 9.73. The first-order valence-corrected chi connectivity index (χ1v) is 24.7. The maximum absolute atomic E-state index is 13.4. The molecule has 1 saturated heterocycles. The minimum Gasteiger partial charge on any atom is -0.460 e. The summed E-state index contributed by atoms with van der Waals surface area (Å²) in [4.78, 5) is 28.9. The van der Waals surface area contributed by atoms with Gasteiger partial charge in [-0.15, -0.1) is 0 Å². The van der Waals surface area contributed by atoms with E-state index in [2.05, 4.69) is 19.6 Å². The van der Waals surface area contributed by atoms with Gasteiger partial charge in [0.25, 0.3) is 0 Å². The maximum Gasteiger partial charge on any atom is 0.483 e. The summed E-state index contributed by atoms with van der Waals surface area (Å²) in [6.45, 7) is 13.6. The number of sulfonamides is 1. The van der Waals surface area contributed by atoms with Crippen LogP contribution in [-0.4, -0.2) is 92.5 Å². The molecule has 3 rings (SSSR count). The van der Waals surface area contributed by atoms with Gasteiger partial charge < -0.3 is 24.3 Å². The number of carbonyl (C=O) groups excluding carboxylic acids is 1. The lowest BCUT2D eigenvalue weighted by Crippen LogP contribution is -2.49. The van der Waals surface area contributed by atoms with Crippen molar-refractivity contribution >= 4 is 39.8 Å². The largest absolute Gasteiger partial charge is 0.483 e. The fourth-order valence-electron chi connectivity index (χ4n) is 5.70. The Morgan fingerprint density at radius 1 is 1.22 bits per heavy atom. The van der Waals surface area contributed by atoms with Crippen LogP contribution in [0, 0.1) is 5.92 Å². The van der Waals surface area contributed by atoms with E-state index in [1.165, 1.54) is 19.1 Å². The van der Waals surface area contributed by atoms with Gasteiger partial charge in [0, 0.05) is 21.2 Å². The standard InChI is InChI=1S/C32H50N2O11P2SSi/c1-9-27-25(4)28-23-42-31(35)30(28)32(36,43-19-21-49(6,7)8)29(27)17-16-24(3)22-33(48(5,40)41)18-20-46(37)34(47(38,39)44-10-2)45-26-14-12-11-13-15-26/h11-16,30,36H,9-10,17-23H2,1-8H3/p+1. The third kappa shape index (κ3) is 10.7. The van der Waals surface area contributed by atoms with E-state index < -0.39 is 51.5 Å². The number of hydrogen-bond donors (Lipinski definition) is 2. The molecule has 1 aliphatic heterocycles. The smallest absolute Gasteiger partial charge is 0.460 e. The monoisotopic (exact) mass is 761 g/mol. The Balaban J connectivity index is 1.86. The number of hydrogen-bond acceptors (Lipinski definition) is 10. The summed E-state index contributed by atoms with van der Waals surface area (Å²) in [5.41, 5.74) is 3.61. The molecule has 4 unspecified atom stereocenters. The van der Waals surface area contributed by atoms with Crippen LogP contribution in [0.25, 0.3) is 0 Å². The van der Waals surface area contributed by atoms with Crippen molar-refractivity contribution in [1.82, 2.24) is 8.91 Å². The lowest BCUT2D eigenvalue weighted by molar-refractivity contribution is -0.205. The highest BCUT2D eigenvalue weighted by atomic mass is 32.2. The number of para-hydroxylation sites is 1. The van der Waals surface area contributed by atoms with Gasteiger partial charge in [-0.3, -0.25) is 9.32 Å². The van der Waals surface area contributed by atoms with Gasteiger partial charge in [-0.25, -0.2) is 13.0 Å². The van der Waals surface area contributed by atoms with Gasteiger partial charge in [0.15, 0.2) is 16.5 Å². The molecule has 2 aliphatic rings. The second kappa shape index (κ2) is 17.0. The van der Waals surface area contributed by atoms with Gasteiger partial charge in [0.1, 0.15) is 12.5 Å². The van der Waals surface area contributed by atoms with E-state index in [-0.39, 0.29) is 51.2 Å². The van der Waals surface area contributed by atoms with Crippen molar-refractivity contribution in [3.8, 4) is 5.75 Å². The molecular weight excluding hydrogens is 710 g/mol. The summed E-state index contributed by atoms with van der Waals surface area (Å²) in [6.07, 6.45) is 3.22. The van der Waals surface area contributed by atoms with Crippen LogP contribution in [-0.2, 0) is 37.9 Å². The van der Waals surface area contributed by atoms with Crippen LogP contribution in [0.3, 0.4) is 0 Å². The summed E-state index contributed by atoms with van der Waals surface area (Å²) in [5, 5.41) is 12.2. The third-order valence-electron chi connectivity index (χ3n) is 8.33. The summed E-state index contributed by atoms with van der Waals surface area (Å²) in [5.74, 6) is -3.30. The van der Waals surface area contributed by atoms with E-state index in [9.17, 15) is 32.3 Å². The van der Waals surface area contributed by atoms with E-state index in [0.717, 1.165) is 27.8 Å². The number of esters is 1. The Kier molecular flexibility index (Phi) is 14.3. The molecule has 49 heavy (non-hydrogen) atoms. The summed E-state index contributed by atoms with van der Waals surface area (Å²) < 4.78 is 70.0. The van der Waals surface area contributed by atoms with E-state index in [0.29, 0.717) is 27.7 Å². The number of allylic oxidation sites excluding steroid dienone is 3. The average Bonchev–Trinajstić information content (AvgIpc) is 3.40. The molecule has 0 saturated carbocycles. The van der Waals surface area contributed by atoms with Gasteiger partial charge in [-0.2, -0.15) is 4.31 Å². The van der Waals surface area contributed by atoms with Crippen molar-refractivity contribution in [3.05, 3.63) is 64.3 Å². The molecule has 0 bridgehead atoms. The lowest BCUT2D eigenvalue weighted by Gasteiger charge is -2.40. The first kappa shape index (κ1) is 41.4. The highest BCUT2D eigenvalue weighted by Crippen LogP contribution is 2.55. The molecule has 13 nitrogen and oxygen atoms in total. The van der Waals surface area contributed by atoms with Gasteiger partial charge in [-0.05, 0) is 78.6 Å². The maximum atomic E-state index is 13.4. The van der Waals surface area contributed by atoms with Crippen LogP contribution in [0.4, 0.5) is 0 Å². The number of fused-ring (bicyclic) bond motifs is 1. The predicted octanol–water partition coefficient (Wildman–Crippen LogP) is 6.01. The first-order valence-electron chi connectivity index (χ1n) is 16.3. The fourth-order valence-corrected chi connectivity index (χ4v) is 10.2. The number of cyclic esters (lactones) is 1. The topological polar surface area (TPSA) is 169 Å². The molecule has 274 valence electrons. The molecule has 4 atom stereocenters. The molecule has 17 heteroatoms. The van der Waals surface area contributed by atoms with E-state index in [1.807, 2.05) is 13.8 Å². The normalized spacial score (nSPS) is 22.0. The molecular formula is C32H51N2O11P2SSi+. The Morgan fingerprint density at radius 3 is 2.45 bits per heavy atom. The van der Waals surface area contributed by atoms with Gasteiger partial charge in [-0.1, -0.05) is 56.4 Å². The zero-order valence-corrected chi connectivity index (χ0v) is 33.3. The number of benzene rings is 1. The number of nitrogens with zero attached hydrogens (tertiary/aromatic N) is 2. The summed E-state index contributed by atoms with van der Waals surface area (Å²) in [7, 11) is -12.8. The second-order valence-electron chi connectivity index (χ2n) is 13.3. The van der Waals surface area contributed by atoms with Gasteiger partial charge in [0.2, 0.25) is 15.8 Å². The van der Waals surface area contributed by atoms with Crippen molar-refractivity contribution in [2.75, 3.05) is 45.3 Å². The number of carbonyl (C=O) groups is 1. The molecule has 0 aromatic heterocycles. The molecule has 1 aromatic carbocycles. The highest BCUT2D eigenvalue weighted by Gasteiger charge is 2.55. The molecule has 0 amide bonds. The minimum atomic E-state index is -4.66. The minimum absolute atomic E-state index is 0.0843. The highest BCUT2D eigenvalue weighted by molar-refractivity contribution is 7.88. The number of aliphatic hydroxyl groups is 1. The Morgan fingerprint density at radius 2 is 1.88 bits per heavy atom. The zero-order chi connectivity index (χ0) is 36.8. The van der Waals surface area contributed by atoms with E-state index >= 15 is 0 Å². The predicted molar refractivity (Wildman–Crippen MR) is 191 cm³/mol. The Bertz CT molecular complexity index is 1630. The molecule has 1 aromatic rings. The second-order valence-corrected chi connectivity index (χ2v) is 24.4. The summed E-state index contributed by atoms with van der Waals surface area (Å²) >= 11 is 0. The van der Waals surface area contributed by atoms with Crippen molar-refractivity contribution < 1.29 is 51.2 Å². The van der Waals surface area contributed by atoms with Crippen LogP contribution in [0.15, 0.2) is 64.3 Å². The van der Waals surface area contributed by atoms with E-state index in [1.54, 1.807) is 31.2 Å². The van der Waals surface area contributed by atoms with Crippen molar-refractivity contribution in [1.29, 1.82) is 0 Å². The van der Waals surface area contributed by atoms with E-state index in [4.69, 9.17) is 18.8 Å². The van der Waals surface area contributed by atoms with Crippen molar-refractivity contribution in [2.45, 2.75) is 72.0 Å².